The topological polar surface area (TPSA) is 59.2 Å². The molecule has 0 aromatic carbocycles. The maximum Gasteiger partial charge on any atom is 0.268 e. The second-order valence-corrected chi connectivity index (χ2v) is 5.64. The lowest BCUT2D eigenvalue weighted by atomic mass is 10.3. The van der Waals surface area contributed by atoms with E-state index in [1.807, 2.05) is 12.1 Å². The molecule has 2 rings (SSSR count). The molecule has 1 atom stereocenters. The molecule has 2 aromatic rings. The second-order valence-electron chi connectivity index (χ2n) is 3.17. The standard InChI is InChI=1S/C9H9BrN2O2S/c1-5(13)4-8-11-9(14-12-8)6-2-3-7(10)15-6/h2-3,5,13H,4H2,1H3. The van der Waals surface area contributed by atoms with Gasteiger partial charge in [0, 0.05) is 6.42 Å². The van der Waals surface area contributed by atoms with Crippen molar-refractivity contribution in [1.29, 1.82) is 0 Å². The summed E-state index contributed by atoms with van der Waals surface area (Å²) in [5, 5.41) is 13.0. The Labute approximate surface area is 99.1 Å². The summed E-state index contributed by atoms with van der Waals surface area (Å²) >= 11 is 4.90. The molecule has 1 unspecified atom stereocenters. The first-order valence-corrected chi connectivity index (χ1v) is 6.02. The molecule has 0 amide bonds. The van der Waals surface area contributed by atoms with E-state index in [9.17, 15) is 0 Å². The summed E-state index contributed by atoms with van der Waals surface area (Å²) in [6.07, 6.45) is -0.0405. The number of aliphatic hydroxyl groups excluding tert-OH is 1. The van der Waals surface area contributed by atoms with Crippen LogP contribution in [0.2, 0.25) is 0 Å². The first-order valence-electron chi connectivity index (χ1n) is 4.41. The van der Waals surface area contributed by atoms with Crippen molar-refractivity contribution in [2.45, 2.75) is 19.4 Å². The highest BCUT2D eigenvalue weighted by molar-refractivity contribution is 9.11. The monoisotopic (exact) mass is 288 g/mol. The van der Waals surface area contributed by atoms with Crippen LogP contribution in [0.3, 0.4) is 0 Å². The van der Waals surface area contributed by atoms with Crippen LogP contribution in [0.5, 0.6) is 0 Å². The van der Waals surface area contributed by atoms with Crippen LogP contribution in [-0.4, -0.2) is 21.4 Å². The molecule has 0 bridgehead atoms. The molecule has 2 aromatic heterocycles. The van der Waals surface area contributed by atoms with E-state index in [4.69, 9.17) is 9.63 Å². The van der Waals surface area contributed by atoms with Crippen LogP contribution in [0.15, 0.2) is 20.4 Å². The van der Waals surface area contributed by atoms with E-state index in [1.54, 1.807) is 6.92 Å². The highest BCUT2D eigenvalue weighted by Crippen LogP contribution is 2.29. The maximum atomic E-state index is 9.16. The van der Waals surface area contributed by atoms with Crippen LogP contribution >= 0.6 is 27.3 Å². The molecule has 0 radical (unpaired) electrons. The van der Waals surface area contributed by atoms with Gasteiger partial charge in [-0.1, -0.05) is 5.16 Å². The van der Waals surface area contributed by atoms with Crippen molar-refractivity contribution < 1.29 is 9.63 Å². The summed E-state index contributed by atoms with van der Waals surface area (Å²) in [6, 6.07) is 3.84. The summed E-state index contributed by atoms with van der Waals surface area (Å²) in [5.74, 6) is 1.03. The summed E-state index contributed by atoms with van der Waals surface area (Å²) in [6.45, 7) is 1.69. The van der Waals surface area contributed by atoms with Gasteiger partial charge < -0.3 is 9.63 Å². The van der Waals surface area contributed by atoms with Crippen LogP contribution in [-0.2, 0) is 6.42 Å². The molecule has 4 nitrogen and oxygen atoms in total. The quantitative estimate of drug-likeness (QED) is 0.943. The second kappa shape index (κ2) is 4.42. The molecule has 0 saturated carbocycles. The van der Waals surface area contributed by atoms with Crippen molar-refractivity contribution in [2.75, 3.05) is 0 Å². The minimum absolute atomic E-state index is 0.413. The lowest BCUT2D eigenvalue weighted by Gasteiger charge is -1.95. The molecule has 15 heavy (non-hydrogen) atoms. The van der Waals surface area contributed by atoms with Gasteiger partial charge in [0.05, 0.1) is 14.8 Å². The fraction of sp³-hybridized carbons (Fsp3) is 0.333. The molecule has 1 N–H and O–H groups in total. The number of nitrogens with zero attached hydrogens (tertiary/aromatic N) is 2. The van der Waals surface area contributed by atoms with E-state index in [2.05, 4.69) is 26.1 Å². The number of halogens is 1. The molecule has 0 saturated heterocycles. The molecule has 80 valence electrons. The summed E-state index contributed by atoms with van der Waals surface area (Å²) < 4.78 is 6.10. The van der Waals surface area contributed by atoms with Crippen molar-refractivity contribution in [3.8, 4) is 10.8 Å². The highest BCUT2D eigenvalue weighted by atomic mass is 79.9. The van der Waals surface area contributed by atoms with Crippen LogP contribution < -0.4 is 0 Å². The Hall–Kier alpha value is -0.720. The minimum Gasteiger partial charge on any atom is -0.393 e. The van der Waals surface area contributed by atoms with E-state index in [1.165, 1.54) is 11.3 Å². The predicted octanol–water partition coefficient (Wildman–Crippen LogP) is 2.48. The van der Waals surface area contributed by atoms with Crippen molar-refractivity contribution in [3.63, 3.8) is 0 Å². The van der Waals surface area contributed by atoms with Crippen molar-refractivity contribution in [2.24, 2.45) is 0 Å². The van der Waals surface area contributed by atoms with E-state index < -0.39 is 6.10 Å². The number of hydrogen-bond donors (Lipinski definition) is 1. The van der Waals surface area contributed by atoms with Crippen LogP contribution in [0.4, 0.5) is 0 Å². The maximum absolute atomic E-state index is 9.16. The minimum atomic E-state index is -0.453. The summed E-state index contributed by atoms with van der Waals surface area (Å²) in [5.41, 5.74) is 0. The summed E-state index contributed by atoms with van der Waals surface area (Å²) in [7, 11) is 0. The third-order valence-electron chi connectivity index (χ3n) is 1.73. The third-order valence-corrected chi connectivity index (χ3v) is 3.34. The molecular weight excluding hydrogens is 280 g/mol. The van der Waals surface area contributed by atoms with Crippen LogP contribution in [0, 0.1) is 0 Å². The van der Waals surface area contributed by atoms with Gasteiger partial charge in [0.1, 0.15) is 0 Å². The van der Waals surface area contributed by atoms with Gasteiger partial charge in [-0.05, 0) is 35.0 Å². The number of aromatic nitrogens is 2. The first kappa shape index (κ1) is 10.8. The van der Waals surface area contributed by atoms with Crippen LogP contribution in [0.1, 0.15) is 12.7 Å². The molecular formula is C9H9BrN2O2S. The SMILES string of the molecule is CC(O)Cc1noc(-c2ccc(Br)s2)n1. The zero-order valence-electron chi connectivity index (χ0n) is 7.98. The highest BCUT2D eigenvalue weighted by Gasteiger charge is 2.11. The molecule has 2 heterocycles. The smallest absolute Gasteiger partial charge is 0.268 e. The van der Waals surface area contributed by atoms with Gasteiger partial charge in [-0.2, -0.15) is 4.98 Å². The molecule has 0 spiro atoms. The number of aliphatic hydroxyl groups is 1. The van der Waals surface area contributed by atoms with Gasteiger partial charge in [-0.25, -0.2) is 0 Å². The van der Waals surface area contributed by atoms with Crippen molar-refractivity contribution in [3.05, 3.63) is 21.7 Å². The molecule has 0 aliphatic carbocycles. The predicted molar refractivity (Wildman–Crippen MR) is 60.7 cm³/mol. The summed E-state index contributed by atoms with van der Waals surface area (Å²) in [4.78, 5) is 5.11. The largest absolute Gasteiger partial charge is 0.393 e. The zero-order valence-corrected chi connectivity index (χ0v) is 10.4. The zero-order chi connectivity index (χ0) is 10.8. The Balaban J connectivity index is 2.20. The normalized spacial score (nSPS) is 13.0. The van der Waals surface area contributed by atoms with Gasteiger partial charge in [0.25, 0.3) is 5.89 Å². The Kier molecular flexibility index (Phi) is 3.18. The third kappa shape index (κ3) is 2.64. The number of rotatable bonds is 3. The number of hydrogen-bond acceptors (Lipinski definition) is 5. The van der Waals surface area contributed by atoms with Crippen LogP contribution in [0.25, 0.3) is 10.8 Å². The Morgan fingerprint density at radius 2 is 2.40 bits per heavy atom. The molecule has 6 heteroatoms. The van der Waals surface area contributed by atoms with E-state index in [0.29, 0.717) is 18.1 Å². The Morgan fingerprint density at radius 1 is 1.60 bits per heavy atom. The van der Waals surface area contributed by atoms with E-state index in [0.717, 1.165) is 8.66 Å². The fourth-order valence-corrected chi connectivity index (χ4v) is 2.44. The van der Waals surface area contributed by atoms with Gasteiger partial charge in [-0.15, -0.1) is 11.3 Å². The average Bonchev–Trinajstić information content (AvgIpc) is 2.72. The lowest BCUT2D eigenvalue weighted by Crippen LogP contribution is -2.05. The molecule has 0 aliphatic heterocycles. The van der Waals surface area contributed by atoms with Gasteiger partial charge in [0.2, 0.25) is 0 Å². The lowest BCUT2D eigenvalue weighted by molar-refractivity contribution is 0.191. The van der Waals surface area contributed by atoms with Gasteiger partial charge in [-0.3, -0.25) is 0 Å². The Bertz CT molecular complexity index is 452. The first-order chi connectivity index (χ1) is 7.15. The fourth-order valence-electron chi connectivity index (χ4n) is 1.13. The van der Waals surface area contributed by atoms with E-state index >= 15 is 0 Å². The number of thiophene rings is 1. The Morgan fingerprint density at radius 3 is 3.00 bits per heavy atom. The van der Waals surface area contributed by atoms with Gasteiger partial charge >= 0.3 is 0 Å². The average molecular weight is 289 g/mol. The van der Waals surface area contributed by atoms with Gasteiger partial charge in [0.15, 0.2) is 5.82 Å². The molecule has 0 fully saturated rings. The van der Waals surface area contributed by atoms with Crippen molar-refractivity contribution in [1.82, 2.24) is 10.1 Å². The van der Waals surface area contributed by atoms with Crippen molar-refractivity contribution >= 4 is 27.3 Å². The molecule has 0 aliphatic rings. The van der Waals surface area contributed by atoms with E-state index in [-0.39, 0.29) is 0 Å².